The van der Waals surface area contributed by atoms with Crippen LogP contribution in [-0.4, -0.2) is 34.0 Å². The lowest BCUT2D eigenvalue weighted by Crippen LogP contribution is -2.22. The molecule has 0 spiro atoms. The highest BCUT2D eigenvalue weighted by Crippen LogP contribution is 2.37. The van der Waals surface area contributed by atoms with E-state index >= 15 is 0 Å². The maximum Gasteiger partial charge on any atom is 0.137 e. The van der Waals surface area contributed by atoms with Gasteiger partial charge in [-0.15, -0.1) is 14.3 Å². The summed E-state index contributed by atoms with van der Waals surface area (Å²) >= 11 is 0. The predicted octanol–water partition coefficient (Wildman–Crippen LogP) is 9.19. The highest BCUT2D eigenvalue weighted by atomic mass is 31.0. The molecule has 0 bridgehead atoms. The average molecular weight is 648 g/mol. The standard InChI is InChI=1S/C37H60F2N3O2P/c1-5-31-24-30(20-19-27(31)2)16-15-17-32-26-42(41-40-32)21-23-44-22-14-12-10-8-6-7-9-11-13-18-33(43)25-34-35(38)28(3)29(4)36(39)37(34)45/h26-27,30-31H,5-25,45H2,1-4H3. The Morgan fingerprint density at radius 3 is 2.33 bits per heavy atom. The zero-order valence-corrected chi connectivity index (χ0v) is 29.8. The highest BCUT2D eigenvalue weighted by Gasteiger charge is 2.26. The molecule has 1 aliphatic carbocycles. The van der Waals surface area contributed by atoms with E-state index in [1.807, 2.05) is 4.68 Å². The van der Waals surface area contributed by atoms with Crippen LogP contribution in [0.4, 0.5) is 8.78 Å². The van der Waals surface area contributed by atoms with Crippen molar-refractivity contribution in [2.75, 3.05) is 13.2 Å². The Labute approximate surface area is 274 Å². The molecule has 2 aromatic rings. The lowest BCUT2D eigenvalue weighted by atomic mass is 9.72. The van der Waals surface area contributed by atoms with Gasteiger partial charge in [0.05, 0.1) is 18.8 Å². The molecule has 1 aliphatic rings. The third-order valence-electron chi connectivity index (χ3n) is 10.3. The fourth-order valence-electron chi connectivity index (χ4n) is 6.97. The molecule has 254 valence electrons. The van der Waals surface area contributed by atoms with Crippen LogP contribution in [0.1, 0.15) is 139 Å². The first-order valence-electron chi connectivity index (χ1n) is 17.9. The molecule has 0 N–H and O–H groups in total. The van der Waals surface area contributed by atoms with Crippen LogP contribution in [0.3, 0.4) is 0 Å². The minimum absolute atomic E-state index is 0.0200. The van der Waals surface area contributed by atoms with E-state index in [1.54, 1.807) is 13.8 Å². The Bertz CT molecular complexity index is 1140. The van der Waals surface area contributed by atoms with Crippen LogP contribution in [0.2, 0.25) is 0 Å². The van der Waals surface area contributed by atoms with Crippen LogP contribution in [-0.2, 0) is 28.9 Å². The minimum Gasteiger partial charge on any atom is -0.380 e. The Balaban J connectivity index is 1.11. The third-order valence-corrected chi connectivity index (χ3v) is 10.9. The lowest BCUT2D eigenvalue weighted by molar-refractivity contribution is -0.118. The molecule has 1 saturated carbocycles. The molecule has 1 aromatic heterocycles. The molecule has 0 radical (unpaired) electrons. The van der Waals surface area contributed by atoms with Gasteiger partial charge in [0.1, 0.15) is 17.4 Å². The lowest BCUT2D eigenvalue weighted by Gasteiger charge is -2.33. The maximum atomic E-state index is 14.6. The van der Waals surface area contributed by atoms with Crippen molar-refractivity contribution in [2.24, 2.45) is 17.8 Å². The number of halogens is 2. The second-order valence-corrected chi connectivity index (χ2v) is 14.3. The number of carbonyl (C=O) groups is 1. The van der Waals surface area contributed by atoms with Crippen molar-refractivity contribution in [1.29, 1.82) is 0 Å². The van der Waals surface area contributed by atoms with E-state index in [4.69, 9.17) is 4.74 Å². The average Bonchev–Trinajstić information content (AvgIpc) is 3.49. The molecule has 45 heavy (non-hydrogen) atoms. The van der Waals surface area contributed by atoms with Crippen LogP contribution in [0.5, 0.6) is 0 Å². The molecule has 8 heteroatoms. The molecule has 4 unspecified atom stereocenters. The monoisotopic (exact) mass is 647 g/mol. The molecule has 1 fully saturated rings. The van der Waals surface area contributed by atoms with Gasteiger partial charge in [0.15, 0.2) is 0 Å². The molecule has 1 heterocycles. The van der Waals surface area contributed by atoms with Crippen molar-refractivity contribution in [3.8, 4) is 0 Å². The summed E-state index contributed by atoms with van der Waals surface area (Å²) in [4.78, 5) is 12.4. The molecule has 0 amide bonds. The Kier molecular flexibility index (Phi) is 17.2. The normalized spacial score (nSPS) is 18.5. The number of ketones is 1. The van der Waals surface area contributed by atoms with Gasteiger partial charge in [-0.25, -0.2) is 13.5 Å². The summed E-state index contributed by atoms with van der Waals surface area (Å²) in [5.41, 5.74) is 1.90. The Hall–Kier alpha value is -1.72. The fraction of sp³-hybridized carbons (Fsp3) is 0.757. The van der Waals surface area contributed by atoms with E-state index in [1.165, 1.54) is 70.6 Å². The molecule has 0 aliphatic heterocycles. The number of rotatable bonds is 22. The summed E-state index contributed by atoms with van der Waals surface area (Å²) in [6.45, 7) is 10.1. The van der Waals surface area contributed by atoms with Gasteiger partial charge < -0.3 is 4.74 Å². The number of ether oxygens (including phenoxy) is 1. The summed E-state index contributed by atoms with van der Waals surface area (Å²) in [6.07, 6.45) is 21.7. The summed E-state index contributed by atoms with van der Waals surface area (Å²) in [7, 11) is 2.26. The quantitative estimate of drug-likeness (QED) is 0.0945. The molecule has 0 saturated heterocycles. The van der Waals surface area contributed by atoms with E-state index in [9.17, 15) is 13.6 Å². The van der Waals surface area contributed by atoms with E-state index in [2.05, 4.69) is 39.6 Å². The van der Waals surface area contributed by atoms with Crippen molar-refractivity contribution in [3.05, 3.63) is 40.2 Å². The van der Waals surface area contributed by atoms with Gasteiger partial charge in [-0.3, -0.25) is 4.79 Å². The molecule has 1 aromatic carbocycles. The van der Waals surface area contributed by atoms with Crippen molar-refractivity contribution >= 4 is 20.3 Å². The molecular formula is C37H60F2N3O2P. The van der Waals surface area contributed by atoms with Crippen LogP contribution >= 0.6 is 9.24 Å². The minimum atomic E-state index is -0.450. The van der Waals surface area contributed by atoms with E-state index in [0.717, 1.165) is 68.7 Å². The number of unbranched alkanes of at least 4 members (excludes halogenated alkanes) is 8. The van der Waals surface area contributed by atoms with Crippen molar-refractivity contribution in [2.45, 2.75) is 150 Å². The molecule has 4 atom stereocenters. The summed E-state index contributed by atoms with van der Waals surface area (Å²) in [6, 6.07) is 0. The van der Waals surface area contributed by atoms with Gasteiger partial charge in [-0.05, 0) is 74.8 Å². The number of nitrogens with zero attached hydrogens (tertiary/aromatic N) is 3. The topological polar surface area (TPSA) is 57.0 Å². The summed E-state index contributed by atoms with van der Waals surface area (Å²) in [5, 5.41) is 8.86. The Morgan fingerprint density at radius 1 is 0.956 bits per heavy atom. The molecule has 5 nitrogen and oxygen atoms in total. The van der Waals surface area contributed by atoms with Crippen molar-refractivity contribution in [3.63, 3.8) is 0 Å². The molecular weight excluding hydrogens is 587 g/mol. The third kappa shape index (κ3) is 12.8. The van der Waals surface area contributed by atoms with Crippen LogP contribution in [0.15, 0.2) is 6.20 Å². The first-order chi connectivity index (χ1) is 21.7. The van der Waals surface area contributed by atoms with E-state index < -0.39 is 11.6 Å². The largest absolute Gasteiger partial charge is 0.380 e. The van der Waals surface area contributed by atoms with Gasteiger partial charge in [0.2, 0.25) is 0 Å². The van der Waals surface area contributed by atoms with Crippen molar-refractivity contribution < 1.29 is 18.3 Å². The number of hydrogen-bond donors (Lipinski definition) is 0. The number of benzene rings is 1. The van der Waals surface area contributed by atoms with Crippen molar-refractivity contribution in [1.82, 2.24) is 15.0 Å². The number of carbonyl (C=O) groups excluding carboxylic acids is 1. The zero-order valence-electron chi connectivity index (χ0n) is 28.7. The SMILES string of the molecule is CCC1CC(CCCc2cn(CCOCCCCCCCCCCCC(=O)Cc3c(F)c(C)c(C)c(F)c3P)nn2)CCC1C. The smallest absolute Gasteiger partial charge is 0.137 e. The van der Waals surface area contributed by atoms with Crippen LogP contribution < -0.4 is 5.30 Å². The zero-order chi connectivity index (χ0) is 32.6. The molecule has 3 rings (SSSR count). The van der Waals surface area contributed by atoms with Gasteiger partial charge in [-0.2, -0.15) is 0 Å². The van der Waals surface area contributed by atoms with Gasteiger partial charge in [-0.1, -0.05) is 89.7 Å². The number of hydrogen-bond acceptors (Lipinski definition) is 4. The second kappa shape index (κ2) is 20.5. The van der Waals surface area contributed by atoms with Crippen LogP contribution in [0, 0.1) is 43.2 Å². The van der Waals surface area contributed by atoms with Gasteiger partial charge in [0.25, 0.3) is 0 Å². The first kappa shape index (κ1) is 37.7. The van der Waals surface area contributed by atoms with Gasteiger partial charge in [0, 0.05) is 36.5 Å². The first-order valence-corrected chi connectivity index (χ1v) is 18.5. The Morgan fingerprint density at radius 2 is 1.62 bits per heavy atom. The van der Waals surface area contributed by atoms with E-state index in [-0.39, 0.29) is 23.1 Å². The summed E-state index contributed by atoms with van der Waals surface area (Å²) < 4.78 is 36.6. The number of Topliss-reactive ketones (excluding diaryl/α,β-unsaturated/α-hetero) is 1. The highest BCUT2D eigenvalue weighted by molar-refractivity contribution is 7.27. The fourth-order valence-corrected chi connectivity index (χ4v) is 7.41. The maximum absolute atomic E-state index is 14.6. The summed E-state index contributed by atoms with van der Waals surface area (Å²) in [5.74, 6) is 1.83. The van der Waals surface area contributed by atoms with Crippen LogP contribution in [0.25, 0.3) is 0 Å². The predicted molar refractivity (Wildman–Crippen MR) is 184 cm³/mol. The second-order valence-electron chi connectivity index (χ2n) is 13.7. The van der Waals surface area contributed by atoms with Gasteiger partial charge >= 0.3 is 0 Å². The van der Waals surface area contributed by atoms with E-state index in [0.29, 0.717) is 24.2 Å². The number of aromatic nitrogens is 3. The number of aryl methyl sites for hydroxylation is 1.